The molecule has 68 valence electrons. The smallest absolute Gasteiger partial charge is 0.138 e. The van der Waals surface area contributed by atoms with Crippen molar-refractivity contribution in [1.29, 1.82) is 0 Å². The van der Waals surface area contributed by atoms with Crippen molar-refractivity contribution in [3.8, 4) is 0 Å². The van der Waals surface area contributed by atoms with Gasteiger partial charge >= 0.3 is 0 Å². The van der Waals surface area contributed by atoms with Crippen LogP contribution in [0.3, 0.4) is 0 Å². The largest absolute Gasteiger partial charge is 0.345 e. The van der Waals surface area contributed by atoms with Crippen LogP contribution in [0.4, 0.5) is 0 Å². The van der Waals surface area contributed by atoms with E-state index < -0.39 is 0 Å². The van der Waals surface area contributed by atoms with Gasteiger partial charge in [0.15, 0.2) is 0 Å². The SMILES string of the molecule is OOC1=CC2CCCCC2CC1. The minimum absolute atomic E-state index is 0.689. The fourth-order valence-electron chi connectivity index (χ4n) is 2.54. The number of fused-ring (bicyclic) bond motifs is 1. The summed E-state index contributed by atoms with van der Waals surface area (Å²) in [4.78, 5) is 4.30. The van der Waals surface area contributed by atoms with E-state index in [2.05, 4.69) is 11.0 Å². The van der Waals surface area contributed by atoms with Crippen molar-refractivity contribution in [1.82, 2.24) is 0 Å². The molecule has 2 nitrogen and oxygen atoms in total. The van der Waals surface area contributed by atoms with E-state index in [1.54, 1.807) is 0 Å². The van der Waals surface area contributed by atoms with Crippen LogP contribution in [-0.4, -0.2) is 5.26 Å². The first-order valence-electron chi connectivity index (χ1n) is 4.92. The highest BCUT2D eigenvalue weighted by molar-refractivity contribution is 5.04. The Morgan fingerprint density at radius 3 is 2.92 bits per heavy atom. The molecule has 12 heavy (non-hydrogen) atoms. The molecule has 0 radical (unpaired) electrons. The maximum Gasteiger partial charge on any atom is 0.138 e. The van der Waals surface area contributed by atoms with Gasteiger partial charge in [-0.05, 0) is 37.2 Å². The third-order valence-corrected chi connectivity index (χ3v) is 3.25. The molecule has 1 N–H and O–H groups in total. The summed E-state index contributed by atoms with van der Waals surface area (Å²) in [7, 11) is 0. The van der Waals surface area contributed by atoms with Gasteiger partial charge in [-0.15, -0.1) is 0 Å². The first kappa shape index (κ1) is 8.11. The summed E-state index contributed by atoms with van der Waals surface area (Å²) in [6.45, 7) is 0. The van der Waals surface area contributed by atoms with Gasteiger partial charge in [0.2, 0.25) is 0 Å². The van der Waals surface area contributed by atoms with Crippen molar-refractivity contribution in [2.75, 3.05) is 0 Å². The van der Waals surface area contributed by atoms with E-state index in [9.17, 15) is 0 Å². The Kier molecular flexibility index (Phi) is 2.35. The Morgan fingerprint density at radius 2 is 2.08 bits per heavy atom. The Balaban J connectivity index is 2.04. The monoisotopic (exact) mass is 168 g/mol. The van der Waals surface area contributed by atoms with Crippen LogP contribution < -0.4 is 0 Å². The Labute approximate surface area is 73.2 Å². The highest BCUT2D eigenvalue weighted by Gasteiger charge is 2.27. The molecule has 2 rings (SSSR count). The van der Waals surface area contributed by atoms with Crippen LogP contribution >= 0.6 is 0 Å². The zero-order chi connectivity index (χ0) is 8.39. The Morgan fingerprint density at radius 1 is 1.25 bits per heavy atom. The molecular weight excluding hydrogens is 152 g/mol. The van der Waals surface area contributed by atoms with E-state index in [0.29, 0.717) is 5.92 Å². The first-order chi connectivity index (χ1) is 5.90. The third-order valence-electron chi connectivity index (χ3n) is 3.25. The lowest BCUT2D eigenvalue weighted by molar-refractivity contribution is -0.208. The van der Waals surface area contributed by atoms with E-state index in [-0.39, 0.29) is 0 Å². The van der Waals surface area contributed by atoms with Crippen LogP contribution in [0, 0.1) is 11.8 Å². The van der Waals surface area contributed by atoms with Crippen molar-refractivity contribution in [3.63, 3.8) is 0 Å². The number of hydrogen-bond donors (Lipinski definition) is 1. The zero-order valence-electron chi connectivity index (χ0n) is 7.33. The lowest BCUT2D eigenvalue weighted by Gasteiger charge is -2.32. The summed E-state index contributed by atoms with van der Waals surface area (Å²) in [5.74, 6) is 2.35. The van der Waals surface area contributed by atoms with Gasteiger partial charge in [-0.1, -0.05) is 12.8 Å². The summed E-state index contributed by atoms with van der Waals surface area (Å²) in [6.07, 6.45) is 9.67. The molecule has 2 aliphatic carbocycles. The minimum Gasteiger partial charge on any atom is -0.345 e. The van der Waals surface area contributed by atoms with Crippen molar-refractivity contribution in [3.05, 3.63) is 11.8 Å². The van der Waals surface area contributed by atoms with Gasteiger partial charge < -0.3 is 4.89 Å². The van der Waals surface area contributed by atoms with E-state index in [1.165, 1.54) is 32.1 Å². The van der Waals surface area contributed by atoms with Gasteiger partial charge in [0.1, 0.15) is 5.76 Å². The van der Waals surface area contributed by atoms with Gasteiger partial charge in [0.25, 0.3) is 0 Å². The molecule has 1 fully saturated rings. The van der Waals surface area contributed by atoms with Gasteiger partial charge in [-0.25, -0.2) is 5.26 Å². The molecule has 0 aromatic rings. The maximum atomic E-state index is 8.51. The highest BCUT2D eigenvalue weighted by atomic mass is 17.1. The van der Waals surface area contributed by atoms with Crippen LogP contribution in [0.2, 0.25) is 0 Å². The maximum absolute atomic E-state index is 8.51. The molecular formula is C10H16O2. The van der Waals surface area contributed by atoms with E-state index in [0.717, 1.165) is 18.1 Å². The van der Waals surface area contributed by atoms with E-state index >= 15 is 0 Å². The molecule has 0 saturated heterocycles. The van der Waals surface area contributed by atoms with E-state index in [4.69, 9.17) is 5.26 Å². The molecule has 0 aliphatic heterocycles. The third kappa shape index (κ3) is 1.48. The number of allylic oxidation sites excluding steroid dienone is 2. The van der Waals surface area contributed by atoms with Crippen LogP contribution in [0.1, 0.15) is 38.5 Å². The molecule has 0 spiro atoms. The molecule has 0 heterocycles. The molecule has 2 atom stereocenters. The quantitative estimate of drug-likeness (QED) is 0.482. The predicted molar refractivity (Wildman–Crippen MR) is 46.5 cm³/mol. The van der Waals surface area contributed by atoms with Crippen LogP contribution in [0.25, 0.3) is 0 Å². The molecule has 2 unspecified atom stereocenters. The molecule has 0 aromatic heterocycles. The Bertz CT molecular complexity index is 186. The van der Waals surface area contributed by atoms with Gasteiger partial charge in [-0.3, -0.25) is 0 Å². The van der Waals surface area contributed by atoms with Crippen LogP contribution in [0.5, 0.6) is 0 Å². The van der Waals surface area contributed by atoms with Crippen molar-refractivity contribution in [2.45, 2.75) is 38.5 Å². The second-order valence-corrected chi connectivity index (χ2v) is 3.97. The summed E-state index contributed by atoms with van der Waals surface area (Å²) in [5.41, 5.74) is 0. The van der Waals surface area contributed by atoms with Crippen LogP contribution in [0.15, 0.2) is 11.8 Å². The Hall–Kier alpha value is -0.500. The second kappa shape index (κ2) is 3.48. The lowest BCUT2D eigenvalue weighted by atomic mass is 9.74. The average Bonchev–Trinajstić information content (AvgIpc) is 2.17. The number of hydrogen-bond acceptors (Lipinski definition) is 2. The van der Waals surface area contributed by atoms with Gasteiger partial charge in [-0.2, -0.15) is 0 Å². The summed E-state index contributed by atoms with van der Waals surface area (Å²) < 4.78 is 0. The van der Waals surface area contributed by atoms with E-state index in [1.807, 2.05) is 0 Å². The van der Waals surface area contributed by atoms with Crippen LogP contribution in [-0.2, 0) is 4.89 Å². The average molecular weight is 168 g/mol. The second-order valence-electron chi connectivity index (χ2n) is 3.97. The molecule has 0 aromatic carbocycles. The highest BCUT2D eigenvalue weighted by Crippen LogP contribution is 2.38. The molecule has 0 bridgehead atoms. The van der Waals surface area contributed by atoms with Crippen molar-refractivity contribution >= 4 is 0 Å². The lowest BCUT2D eigenvalue weighted by Crippen LogP contribution is -2.21. The topological polar surface area (TPSA) is 29.5 Å². The fourth-order valence-corrected chi connectivity index (χ4v) is 2.54. The van der Waals surface area contributed by atoms with Crippen molar-refractivity contribution < 1.29 is 10.1 Å². The summed E-state index contributed by atoms with van der Waals surface area (Å²) in [5, 5.41) is 8.51. The molecule has 2 heteroatoms. The molecule has 1 saturated carbocycles. The molecule has 2 aliphatic rings. The summed E-state index contributed by atoms with van der Waals surface area (Å²) in [6, 6.07) is 0. The van der Waals surface area contributed by atoms with Crippen molar-refractivity contribution in [2.24, 2.45) is 11.8 Å². The normalized spacial score (nSPS) is 35.2. The summed E-state index contributed by atoms with van der Waals surface area (Å²) >= 11 is 0. The first-order valence-corrected chi connectivity index (χ1v) is 4.92. The predicted octanol–water partition coefficient (Wildman–Crippen LogP) is 2.96. The molecule has 0 amide bonds. The minimum atomic E-state index is 0.689. The fraction of sp³-hybridized carbons (Fsp3) is 0.800. The number of rotatable bonds is 1. The van der Waals surface area contributed by atoms with Gasteiger partial charge in [0, 0.05) is 6.42 Å². The zero-order valence-corrected chi connectivity index (χ0v) is 7.33. The standard InChI is InChI=1S/C10H16O2/c11-12-10-6-5-8-3-1-2-4-9(8)7-10/h7-9,11H,1-6H2. The van der Waals surface area contributed by atoms with Gasteiger partial charge in [0.05, 0.1) is 0 Å².